The maximum absolute atomic E-state index is 11.7. The number of hydrogen-bond donors (Lipinski definition) is 2. The topological polar surface area (TPSA) is 76.7 Å². The Hall–Kier alpha value is -1.14. The maximum Gasteiger partial charge on any atom is 0.322 e. The minimum Gasteiger partial charge on any atom is -0.465 e. The zero-order chi connectivity index (χ0) is 17.1. The van der Waals surface area contributed by atoms with Crippen molar-refractivity contribution < 1.29 is 19.1 Å². The van der Waals surface area contributed by atoms with Crippen molar-refractivity contribution in [2.45, 2.75) is 78.6 Å². The summed E-state index contributed by atoms with van der Waals surface area (Å²) in [5, 5.41) is 6.28. The van der Waals surface area contributed by atoms with Gasteiger partial charge in [-0.25, -0.2) is 0 Å². The van der Waals surface area contributed by atoms with E-state index >= 15 is 0 Å². The molecular weight excluding hydrogens is 284 g/mol. The molecule has 0 spiro atoms. The molecule has 0 rings (SSSR count). The monoisotopic (exact) mass is 316 g/mol. The van der Waals surface area contributed by atoms with Crippen LogP contribution in [0.3, 0.4) is 0 Å². The Balaban J connectivity index is 3.82. The van der Waals surface area contributed by atoms with Crippen LogP contribution < -0.4 is 10.6 Å². The molecule has 1 unspecified atom stereocenters. The minimum absolute atomic E-state index is 0.157. The Kier molecular flexibility index (Phi) is 10.8. The zero-order valence-corrected chi connectivity index (χ0v) is 14.8. The molecule has 0 saturated carbocycles. The number of esters is 2. The lowest BCUT2D eigenvalue weighted by Gasteiger charge is -2.19. The van der Waals surface area contributed by atoms with Crippen molar-refractivity contribution in [3.63, 3.8) is 0 Å². The van der Waals surface area contributed by atoms with Gasteiger partial charge in [0.15, 0.2) is 0 Å². The summed E-state index contributed by atoms with van der Waals surface area (Å²) in [5.74, 6) is -0.469. The second-order valence-electron chi connectivity index (χ2n) is 5.89. The Labute approximate surface area is 134 Å². The van der Waals surface area contributed by atoms with Crippen molar-refractivity contribution in [2.75, 3.05) is 13.2 Å². The van der Waals surface area contributed by atoms with E-state index in [0.717, 1.165) is 12.8 Å². The Morgan fingerprint density at radius 1 is 0.909 bits per heavy atom. The van der Waals surface area contributed by atoms with Crippen molar-refractivity contribution in [2.24, 2.45) is 0 Å². The number of carbonyl (C=O) groups is 2. The van der Waals surface area contributed by atoms with Crippen molar-refractivity contribution in [3.8, 4) is 0 Å². The largest absolute Gasteiger partial charge is 0.465 e. The molecule has 0 bridgehead atoms. The minimum atomic E-state index is -0.326. The van der Waals surface area contributed by atoms with Crippen molar-refractivity contribution >= 4 is 11.9 Å². The first-order valence-corrected chi connectivity index (χ1v) is 8.13. The van der Waals surface area contributed by atoms with Gasteiger partial charge >= 0.3 is 11.9 Å². The molecule has 130 valence electrons. The highest BCUT2D eigenvalue weighted by Crippen LogP contribution is 2.01. The number of ether oxygens (including phenoxy) is 2. The molecule has 0 aliphatic rings. The quantitative estimate of drug-likeness (QED) is 0.446. The van der Waals surface area contributed by atoms with Gasteiger partial charge in [0.1, 0.15) is 12.1 Å². The summed E-state index contributed by atoms with van der Waals surface area (Å²) in [6.45, 7) is 12.1. The van der Waals surface area contributed by atoms with Gasteiger partial charge in [-0.15, -0.1) is 0 Å². The van der Waals surface area contributed by atoms with Crippen LogP contribution in [0, 0.1) is 0 Å². The Morgan fingerprint density at radius 2 is 1.45 bits per heavy atom. The van der Waals surface area contributed by atoms with Crippen LogP contribution in [-0.4, -0.2) is 49.3 Å². The summed E-state index contributed by atoms with van der Waals surface area (Å²) in [5.41, 5.74) is 0. The highest BCUT2D eigenvalue weighted by atomic mass is 16.5. The molecule has 2 N–H and O–H groups in total. The molecular formula is C16H32N2O4. The Morgan fingerprint density at radius 3 is 2.00 bits per heavy atom. The molecule has 0 saturated heterocycles. The third-order valence-corrected chi connectivity index (χ3v) is 3.14. The number of carbonyl (C=O) groups excluding carboxylic acids is 2. The van der Waals surface area contributed by atoms with Crippen LogP contribution in [0.25, 0.3) is 0 Å². The standard InChI is InChI=1S/C16H32N2O4/c1-7-21-15(19)14(6)18-12(4)9-8-10-22-16(20)13(5)17-11(2)3/h11-14,17-18H,7-10H2,1-6H3/t12?,13-,14+/m0/s1. The highest BCUT2D eigenvalue weighted by molar-refractivity contribution is 5.75. The number of nitrogens with one attached hydrogen (secondary N) is 2. The predicted octanol–water partition coefficient (Wildman–Crippen LogP) is 1.63. The lowest BCUT2D eigenvalue weighted by atomic mass is 10.1. The molecule has 3 atom stereocenters. The first-order chi connectivity index (χ1) is 10.3. The summed E-state index contributed by atoms with van der Waals surface area (Å²) in [4.78, 5) is 23.2. The van der Waals surface area contributed by atoms with E-state index in [1.165, 1.54) is 0 Å². The van der Waals surface area contributed by atoms with E-state index in [9.17, 15) is 9.59 Å². The van der Waals surface area contributed by atoms with E-state index in [-0.39, 0.29) is 36.1 Å². The van der Waals surface area contributed by atoms with Crippen LogP contribution in [0.5, 0.6) is 0 Å². The first kappa shape index (κ1) is 20.9. The lowest BCUT2D eigenvalue weighted by Crippen LogP contribution is -2.41. The van der Waals surface area contributed by atoms with Crippen molar-refractivity contribution in [1.82, 2.24) is 10.6 Å². The van der Waals surface area contributed by atoms with Gasteiger partial charge in [-0.3, -0.25) is 9.59 Å². The molecule has 6 heteroatoms. The van der Waals surface area contributed by atoms with Crippen LogP contribution in [0.1, 0.15) is 54.4 Å². The molecule has 0 amide bonds. The van der Waals surface area contributed by atoms with Crippen LogP contribution >= 0.6 is 0 Å². The maximum atomic E-state index is 11.7. The van der Waals surface area contributed by atoms with Gasteiger partial charge in [0, 0.05) is 12.1 Å². The van der Waals surface area contributed by atoms with Crippen LogP contribution in [-0.2, 0) is 19.1 Å². The van der Waals surface area contributed by atoms with Crippen molar-refractivity contribution in [3.05, 3.63) is 0 Å². The van der Waals surface area contributed by atoms with Gasteiger partial charge in [-0.05, 0) is 40.5 Å². The van der Waals surface area contributed by atoms with Crippen LogP contribution in [0.15, 0.2) is 0 Å². The van der Waals surface area contributed by atoms with Gasteiger partial charge in [0.2, 0.25) is 0 Å². The third-order valence-electron chi connectivity index (χ3n) is 3.14. The summed E-state index contributed by atoms with van der Waals surface area (Å²) in [7, 11) is 0. The van der Waals surface area contributed by atoms with Crippen LogP contribution in [0.4, 0.5) is 0 Å². The normalized spacial score (nSPS) is 15.2. The third kappa shape index (κ3) is 9.73. The fraction of sp³-hybridized carbons (Fsp3) is 0.875. The predicted molar refractivity (Wildman–Crippen MR) is 86.6 cm³/mol. The molecule has 0 heterocycles. The summed E-state index contributed by atoms with van der Waals surface area (Å²) in [6.07, 6.45) is 1.58. The molecule has 0 aliphatic heterocycles. The molecule has 0 aromatic heterocycles. The van der Waals surface area contributed by atoms with E-state index in [0.29, 0.717) is 13.2 Å². The van der Waals surface area contributed by atoms with Gasteiger partial charge in [-0.1, -0.05) is 13.8 Å². The fourth-order valence-corrected chi connectivity index (χ4v) is 2.10. The van der Waals surface area contributed by atoms with Gasteiger partial charge < -0.3 is 20.1 Å². The summed E-state index contributed by atoms with van der Waals surface area (Å²) in [6, 6.07) is -0.215. The van der Waals surface area contributed by atoms with E-state index < -0.39 is 0 Å². The Bertz CT molecular complexity index is 334. The number of hydrogen-bond acceptors (Lipinski definition) is 6. The van der Waals surface area contributed by atoms with Gasteiger partial charge in [0.25, 0.3) is 0 Å². The summed E-state index contributed by atoms with van der Waals surface area (Å²) < 4.78 is 10.2. The average Bonchev–Trinajstić information content (AvgIpc) is 2.42. The zero-order valence-electron chi connectivity index (χ0n) is 14.8. The summed E-state index contributed by atoms with van der Waals surface area (Å²) >= 11 is 0. The molecule has 0 aliphatic carbocycles. The smallest absolute Gasteiger partial charge is 0.322 e. The molecule has 0 fully saturated rings. The first-order valence-electron chi connectivity index (χ1n) is 8.13. The highest BCUT2D eigenvalue weighted by Gasteiger charge is 2.17. The lowest BCUT2D eigenvalue weighted by molar-refractivity contribution is -0.146. The SMILES string of the molecule is CCOC(=O)[C@@H](C)NC(C)CCCOC(=O)[C@H](C)NC(C)C. The van der Waals surface area contributed by atoms with E-state index in [4.69, 9.17) is 9.47 Å². The second kappa shape index (κ2) is 11.4. The van der Waals surface area contributed by atoms with Gasteiger partial charge in [-0.2, -0.15) is 0 Å². The van der Waals surface area contributed by atoms with Crippen molar-refractivity contribution in [1.29, 1.82) is 0 Å². The molecule has 22 heavy (non-hydrogen) atoms. The van der Waals surface area contributed by atoms with E-state index in [1.54, 1.807) is 20.8 Å². The van der Waals surface area contributed by atoms with E-state index in [2.05, 4.69) is 10.6 Å². The number of rotatable bonds is 11. The molecule has 6 nitrogen and oxygen atoms in total. The molecule has 0 aromatic rings. The van der Waals surface area contributed by atoms with E-state index in [1.807, 2.05) is 20.8 Å². The van der Waals surface area contributed by atoms with Crippen LogP contribution in [0.2, 0.25) is 0 Å². The molecule has 0 aromatic carbocycles. The van der Waals surface area contributed by atoms with Gasteiger partial charge in [0.05, 0.1) is 13.2 Å². The fourth-order valence-electron chi connectivity index (χ4n) is 2.10. The average molecular weight is 316 g/mol. The molecule has 0 radical (unpaired) electrons. The second-order valence-corrected chi connectivity index (χ2v) is 5.89.